The van der Waals surface area contributed by atoms with Gasteiger partial charge in [-0.1, -0.05) is 24.4 Å². The van der Waals surface area contributed by atoms with E-state index >= 15 is 0 Å². The fraction of sp³-hybridized carbons (Fsp3) is 0.429. The molecule has 2 N–H and O–H groups in total. The lowest BCUT2D eigenvalue weighted by Gasteiger charge is -2.17. The van der Waals surface area contributed by atoms with Gasteiger partial charge in [0.1, 0.15) is 0 Å². The Morgan fingerprint density at radius 1 is 1.30 bits per heavy atom. The van der Waals surface area contributed by atoms with Crippen molar-refractivity contribution in [3.8, 4) is 11.5 Å². The molecule has 0 aliphatic heterocycles. The molecule has 5 nitrogen and oxygen atoms in total. The second-order valence-electron chi connectivity index (χ2n) is 4.20. The number of thiocarbonyl (C=S) groups is 1. The second-order valence-corrected chi connectivity index (χ2v) is 4.72. The second kappa shape index (κ2) is 8.37. The van der Waals surface area contributed by atoms with Crippen LogP contribution in [-0.2, 0) is 4.79 Å². The normalized spacial score (nSPS) is 9.90. The zero-order chi connectivity index (χ0) is 15.0. The van der Waals surface area contributed by atoms with Crippen molar-refractivity contribution in [1.82, 2.24) is 4.90 Å². The number of hydrogen-bond acceptors (Lipinski definition) is 4. The molecule has 0 unspecified atom stereocenters. The molecule has 1 aromatic carbocycles. The Bertz CT molecular complexity index is 465. The van der Waals surface area contributed by atoms with Gasteiger partial charge in [-0.2, -0.15) is 0 Å². The van der Waals surface area contributed by atoms with Crippen LogP contribution in [0.15, 0.2) is 24.3 Å². The largest absolute Gasteiger partial charge is 0.490 e. The van der Waals surface area contributed by atoms with Crippen LogP contribution in [0.2, 0.25) is 0 Å². The number of rotatable bonds is 8. The summed E-state index contributed by atoms with van der Waals surface area (Å²) in [4.78, 5) is 13.8. The molecule has 6 heteroatoms. The molecule has 0 aromatic heterocycles. The van der Waals surface area contributed by atoms with E-state index in [0.29, 0.717) is 36.1 Å². The first-order valence-electron chi connectivity index (χ1n) is 6.41. The monoisotopic (exact) mass is 296 g/mol. The number of carbonyl (C=O) groups is 1. The van der Waals surface area contributed by atoms with E-state index in [1.807, 2.05) is 19.1 Å². The first-order valence-corrected chi connectivity index (χ1v) is 6.82. The molecule has 0 fully saturated rings. The molecule has 20 heavy (non-hydrogen) atoms. The van der Waals surface area contributed by atoms with Gasteiger partial charge in [0.05, 0.1) is 11.6 Å². The number of para-hydroxylation sites is 2. The van der Waals surface area contributed by atoms with Gasteiger partial charge in [0.2, 0.25) is 0 Å². The minimum absolute atomic E-state index is 0.0437. The van der Waals surface area contributed by atoms with E-state index in [1.54, 1.807) is 24.1 Å². The van der Waals surface area contributed by atoms with Gasteiger partial charge in [-0.15, -0.1) is 0 Å². The fourth-order valence-corrected chi connectivity index (χ4v) is 1.59. The highest BCUT2D eigenvalue weighted by Gasteiger charge is 2.11. The fourth-order valence-electron chi connectivity index (χ4n) is 1.50. The molecule has 1 amide bonds. The minimum Gasteiger partial charge on any atom is -0.490 e. The molecule has 0 aliphatic carbocycles. The van der Waals surface area contributed by atoms with Crippen molar-refractivity contribution in [3.05, 3.63) is 24.3 Å². The summed E-state index contributed by atoms with van der Waals surface area (Å²) < 4.78 is 10.9. The van der Waals surface area contributed by atoms with E-state index in [2.05, 4.69) is 0 Å². The van der Waals surface area contributed by atoms with E-state index in [-0.39, 0.29) is 12.5 Å². The van der Waals surface area contributed by atoms with E-state index < -0.39 is 0 Å². The first-order chi connectivity index (χ1) is 9.54. The van der Waals surface area contributed by atoms with Crippen molar-refractivity contribution in [2.45, 2.75) is 13.3 Å². The molecule has 1 rings (SSSR count). The molecule has 0 heterocycles. The van der Waals surface area contributed by atoms with Crippen molar-refractivity contribution in [2.24, 2.45) is 5.73 Å². The smallest absolute Gasteiger partial charge is 0.260 e. The average molecular weight is 296 g/mol. The van der Waals surface area contributed by atoms with Crippen LogP contribution in [0, 0.1) is 0 Å². The Labute approximate surface area is 124 Å². The number of nitrogens with two attached hydrogens (primary N) is 1. The van der Waals surface area contributed by atoms with Crippen LogP contribution >= 0.6 is 12.2 Å². The molecule has 0 atom stereocenters. The third kappa shape index (κ3) is 5.44. The van der Waals surface area contributed by atoms with Crippen molar-refractivity contribution in [3.63, 3.8) is 0 Å². The zero-order valence-corrected chi connectivity index (χ0v) is 12.6. The molecular formula is C14H20N2O3S. The highest BCUT2D eigenvalue weighted by Crippen LogP contribution is 2.26. The number of amides is 1. The summed E-state index contributed by atoms with van der Waals surface area (Å²) in [6.07, 6.45) is 0.507. The van der Waals surface area contributed by atoms with Gasteiger partial charge in [-0.25, -0.2) is 0 Å². The summed E-state index contributed by atoms with van der Waals surface area (Å²) in [5, 5.41) is 0. The summed E-state index contributed by atoms with van der Waals surface area (Å²) >= 11 is 4.78. The number of nitrogens with zero attached hydrogens (tertiary/aromatic N) is 1. The molecule has 0 saturated heterocycles. The van der Waals surface area contributed by atoms with Crippen LogP contribution in [-0.4, -0.2) is 42.6 Å². The van der Waals surface area contributed by atoms with E-state index in [0.717, 1.165) is 0 Å². The molecular weight excluding hydrogens is 276 g/mol. The molecule has 0 saturated carbocycles. The highest BCUT2D eigenvalue weighted by molar-refractivity contribution is 7.80. The number of benzene rings is 1. The molecule has 0 aliphatic rings. The number of carbonyl (C=O) groups excluding carboxylic acids is 1. The first kappa shape index (κ1) is 16.2. The van der Waals surface area contributed by atoms with Gasteiger partial charge >= 0.3 is 0 Å². The van der Waals surface area contributed by atoms with Gasteiger partial charge in [0.15, 0.2) is 18.1 Å². The van der Waals surface area contributed by atoms with Gasteiger partial charge in [-0.05, 0) is 19.1 Å². The Hall–Kier alpha value is -1.82. The predicted molar refractivity (Wildman–Crippen MR) is 82.1 cm³/mol. The summed E-state index contributed by atoms with van der Waals surface area (Å²) in [7, 11) is 1.69. The molecule has 0 bridgehead atoms. The van der Waals surface area contributed by atoms with Gasteiger partial charge < -0.3 is 20.1 Å². The van der Waals surface area contributed by atoms with Crippen LogP contribution in [0.4, 0.5) is 0 Å². The maximum atomic E-state index is 11.9. The number of ether oxygens (including phenoxy) is 2. The number of likely N-dealkylation sites (N-methyl/N-ethyl adjacent to an activating group) is 1. The van der Waals surface area contributed by atoms with E-state index in [9.17, 15) is 4.79 Å². The van der Waals surface area contributed by atoms with Crippen molar-refractivity contribution in [1.29, 1.82) is 0 Å². The SMILES string of the molecule is CCOc1ccccc1OCC(=O)N(C)CCC(N)=S. The zero-order valence-electron chi connectivity index (χ0n) is 11.8. The standard InChI is InChI=1S/C14H20N2O3S/c1-3-18-11-6-4-5-7-12(11)19-10-14(17)16(2)9-8-13(15)20/h4-7H,3,8-10H2,1-2H3,(H2,15,20). The number of hydrogen-bond donors (Lipinski definition) is 1. The quantitative estimate of drug-likeness (QED) is 0.738. The maximum absolute atomic E-state index is 11.9. The molecule has 1 aromatic rings. The van der Waals surface area contributed by atoms with Crippen LogP contribution in [0.25, 0.3) is 0 Å². The Morgan fingerprint density at radius 2 is 1.90 bits per heavy atom. The maximum Gasteiger partial charge on any atom is 0.260 e. The van der Waals surface area contributed by atoms with Crippen molar-refractivity contribution >= 4 is 23.1 Å². The Balaban J connectivity index is 2.50. The lowest BCUT2D eigenvalue weighted by Crippen LogP contribution is -2.33. The molecule has 0 radical (unpaired) electrons. The third-order valence-electron chi connectivity index (χ3n) is 2.62. The molecule has 110 valence electrons. The van der Waals surface area contributed by atoms with Crippen LogP contribution < -0.4 is 15.2 Å². The van der Waals surface area contributed by atoms with Gasteiger partial charge in [0, 0.05) is 20.0 Å². The van der Waals surface area contributed by atoms with Gasteiger partial charge in [-0.3, -0.25) is 4.79 Å². The van der Waals surface area contributed by atoms with E-state index in [1.165, 1.54) is 0 Å². The van der Waals surface area contributed by atoms with E-state index in [4.69, 9.17) is 27.4 Å². The summed E-state index contributed by atoms with van der Waals surface area (Å²) in [6.45, 7) is 2.89. The summed E-state index contributed by atoms with van der Waals surface area (Å²) in [5.74, 6) is 1.06. The lowest BCUT2D eigenvalue weighted by molar-refractivity contribution is -0.131. The lowest BCUT2D eigenvalue weighted by atomic mass is 10.3. The topological polar surface area (TPSA) is 64.8 Å². The van der Waals surface area contributed by atoms with Crippen LogP contribution in [0.5, 0.6) is 11.5 Å². The third-order valence-corrected chi connectivity index (χ3v) is 2.82. The van der Waals surface area contributed by atoms with Crippen LogP contribution in [0.3, 0.4) is 0 Å². The van der Waals surface area contributed by atoms with Crippen molar-refractivity contribution in [2.75, 3.05) is 26.8 Å². The predicted octanol–water partition coefficient (Wildman–Crippen LogP) is 1.60. The summed E-state index contributed by atoms with van der Waals surface area (Å²) in [6, 6.07) is 7.26. The average Bonchev–Trinajstić information content (AvgIpc) is 2.43. The Morgan fingerprint density at radius 3 is 2.45 bits per heavy atom. The Kier molecular flexibility index (Phi) is 6.79. The summed E-state index contributed by atoms with van der Waals surface area (Å²) in [5.41, 5.74) is 5.40. The van der Waals surface area contributed by atoms with Gasteiger partial charge in [0.25, 0.3) is 5.91 Å². The molecule has 0 spiro atoms. The minimum atomic E-state index is -0.132. The highest BCUT2D eigenvalue weighted by atomic mass is 32.1. The van der Waals surface area contributed by atoms with Crippen LogP contribution in [0.1, 0.15) is 13.3 Å². The van der Waals surface area contributed by atoms with Crippen molar-refractivity contribution < 1.29 is 14.3 Å².